The van der Waals surface area contributed by atoms with Crippen molar-refractivity contribution in [1.82, 2.24) is 14.9 Å². The fourth-order valence-corrected chi connectivity index (χ4v) is 3.44. The first-order valence-corrected chi connectivity index (χ1v) is 9.93. The second-order valence-electron chi connectivity index (χ2n) is 7.23. The topological polar surface area (TPSA) is 56.2 Å². The number of imidazole rings is 1. The lowest BCUT2D eigenvalue weighted by atomic mass is 10.1. The Labute approximate surface area is 166 Å². The van der Waals surface area contributed by atoms with Gasteiger partial charge in [0.2, 0.25) is 5.91 Å². The first kappa shape index (κ1) is 19.9. The van der Waals surface area contributed by atoms with Crippen molar-refractivity contribution >= 4 is 16.9 Å². The number of hydrogen-bond acceptors (Lipinski definition) is 3. The first-order valence-electron chi connectivity index (χ1n) is 9.93. The van der Waals surface area contributed by atoms with E-state index in [0.29, 0.717) is 13.2 Å². The van der Waals surface area contributed by atoms with Crippen LogP contribution < -0.4 is 10.1 Å². The van der Waals surface area contributed by atoms with Gasteiger partial charge in [-0.15, -0.1) is 0 Å². The molecule has 3 rings (SSSR count). The van der Waals surface area contributed by atoms with Gasteiger partial charge in [-0.1, -0.05) is 29.8 Å². The molecule has 0 atom stereocenters. The summed E-state index contributed by atoms with van der Waals surface area (Å²) in [5, 5.41) is 2.85. The third-order valence-corrected chi connectivity index (χ3v) is 4.80. The smallest absolute Gasteiger partial charge is 0.216 e. The van der Waals surface area contributed by atoms with Gasteiger partial charge >= 0.3 is 0 Å². The number of rotatable bonds is 9. The zero-order valence-corrected chi connectivity index (χ0v) is 17.0. The molecule has 0 saturated carbocycles. The summed E-state index contributed by atoms with van der Waals surface area (Å²) in [6, 6.07) is 14.5. The first-order chi connectivity index (χ1) is 13.5. The lowest BCUT2D eigenvalue weighted by Gasteiger charge is -2.12. The molecule has 0 aliphatic rings. The molecule has 1 heterocycles. The monoisotopic (exact) mass is 379 g/mol. The molecule has 0 aliphatic carbocycles. The van der Waals surface area contributed by atoms with Crippen LogP contribution in [0.5, 0.6) is 5.75 Å². The van der Waals surface area contributed by atoms with Crippen LogP contribution in [0, 0.1) is 13.8 Å². The van der Waals surface area contributed by atoms with Crippen LogP contribution in [0.2, 0.25) is 0 Å². The molecule has 3 aromatic rings. The molecule has 5 heteroatoms. The summed E-state index contributed by atoms with van der Waals surface area (Å²) in [5.41, 5.74) is 4.60. The number of hydrogen-bond donors (Lipinski definition) is 1. The summed E-state index contributed by atoms with van der Waals surface area (Å²) in [6.45, 7) is 7.93. The van der Waals surface area contributed by atoms with Crippen LogP contribution >= 0.6 is 0 Å². The van der Waals surface area contributed by atoms with Crippen molar-refractivity contribution in [3.8, 4) is 5.75 Å². The molecule has 28 heavy (non-hydrogen) atoms. The maximum atomic E-state index is 11.1. The zero-order chi connectivity index (χ0) is 19.9. The van der Waals surface area contributed by atoms with Gasteiger partial charge in [0.1, 0.15) is 11.6 Å². The van der Waals surface area contributed by atoms with Crippen molar-refractivity contribution in [3.05, 3.63) is 59.4 Å². The van der Waals surface area contributed by atoms with E-state index in [1.165, 1.54) is 11.1 Å². The summed E-state index contributed by atoms with van der Waals surface area (Å²) < 4.78 is 8.27. The number of benzene rings is 2. The Kier molecular flexibility index (Phi) is 6.69. The van der Waals surface area contributed by atoms with Crippen LogP contribution in [0.4, 0.5) is 0 Å². The van der Waals surface area contributed by atoms with Gasteiger partial charge in [-0.25, -0.2) is 4.98 Å². The highest BCUT2D eigenvalue weighted by atomic mass is 16.5. The fraction of sp³-hybridized carbons (Fsp3) is 0.391. The molecular weight excluding hydrogens is 350 g/mol. The van der Waals surface area contributed by atoms with E-state index in [9.17, 15) is 4.79 Å². The van der Waals surface area contributed by atoms with Gasteiger partial charge in [0.25, 0.3) is 0 Å². The van der Waals surface area contributed by atoms with E-state index in [4.69, 9.17) is 9.72 Å². The molecule has 0 aliphatic heterocycles. The minimum absolute atomic E-state index is 0.0112. The van der Waals surface area contributed by atoms with Crippen molar-refractivity contribution in [3.63, 3.8) is 0 Å². The average molecular weight is 380 g/mol. The van der Waals surface area contributed by atoms with E-state index in [2.05, 4.69) is 48.0 Å². The van der Waals surface area contributed by atoms with Crippen LogP contribution in [0.15, 0.2) is 42.5 Å². The molecular formula is C23H29N3O2. The Morgan fingerprint density at radius 2 is 1.96 bits per heavy atom. The van der Waals surface area contributed by atoms with E-state index in [-0.39, 0.29) is 5.91 Å². The lowest BCUT2D eigenvalue weighted by Crippen LogP contribution is -2.21. The van der Waals surface area contributed by atoms with Crippen molar-refractivity contribution in [2.45, 2.75) is 46.6 Å². The third kappa shape index (κ3) is 5.12. The lowest BCUT2D eigenvalue weighted by molar-refractivity contribution is -0.118. The molecule has 0 radical (unpaired) electrons. The summed E-state index contributed by atoms with van der Waals surface area (Å²) in [7, 11) is 0. The summed E-state index contributed by atoms with van der Waals surface area (Å²) in [4.78, 5) is 15.9. The molecule has 0 saturated heterocycles. The highest BCUT2D eigenvalue weighted by molar-refractivity contribution is 5.76. The minimum Gasteiger partial charge on any atom is -0.493 e. The second kappa shape index (κ2) is 9.40. The molecule has 0 spiro atoms. The number of aromatic nitrogens is 2. The van der Waals surface area contributed by atoms with E-state index in [1.54, 1.807) is 6.92 Å². The zero-order valence-electron chi connectivity index (χ0n) is 17.0. The van der Waals surface area contributed by atoms with Gasteiger partial charge in [-0.3, -0.25) is 4.79 Å². The van der Waals surface area contributed by atoms with Crippen LogP contribution in [0.25, 0.3) is 11.0 Å². The van der Waals surface area contributed by atoms with Gasteiger partial charge in [0.05, 0.1) is 17.6 Å². The molecule has 1 N–H and O–H groups in total. The minimum atomic E-state index is 0.0112. The van der Waals surface area contributed by atoms with E-state index >= 15 is 0 Å². The van der Waals surface area contributed by atoms with Gasteiger partial charge in [-0.2, -0.15) is 0 Å². The molecule has 2 aromatic carbocycles. The van der Waals surface area contributed by atoms with Gasteiger partial charge in [-0.05, 0) is 50.5 Å². The maximum absolute atomic E-state index is 11.1. The number of carbonyl (C=O) groups is 1. The second-order valence-corrected chi connectivity index (χ2v) is 7.23. The number of ether oxygens (including phenoxy) is 1. The number of nitrogens with one attached hydrogen (secondary N) is 1. The van der Waals surface area contributed by atoms with E-state index in [0.717, 1.165) is 48.4 Å². The number of para-hydroxylation sites is 2. The summed E-state index contributed by atoms with van der Waals surface area (Å²) >= 11 is 0. The largest absolute Gasteiger partial charge is 0.493 e. The molecule has 1 aromatic heterocycles. The van der Waals surface area contributed by atoms with Crippen LogP contribution in [-0.2, 0) is 17.8 Å². The molecule has 1 amide bonds. The number of amides is 1. The van der Waals surface area contributed by atoms with Crippen LogP contribution in [-0.4, -0.2) is 28.6 Å². The van der Waals surface area contributed by atoms with Crippen molar-refractivity contribution in [2.24, 2.45) is 0 Å². The fourth-order valence-electron chi connectivity index (χ4n) is 3.44. The SMILES string of the molecule is CC(=O)NCCCc1nc2ccccc2n1CCCOc1ccc(C)cc1C. The highest BCUT2D eigenvalue weighted by Gasteiger charge is 2.10. The Morgan fingerprint density at radius 3 is 2.75 bits per heavy atom. The van der Waals surface area contributed by atoms with Crippen molar-refractivity contribution in [2.75, 3.05) is 13.2 Å². The van der Waals surface area contributed by atoms with Crippen LogP contribution in [0.3, 0.4) is 0 Å². The Morgan fingerprint density at radius 1 is 1.14 bits per heavy atom. The normalized spacial score (nSPS) is 11.0. The number of fused-ring (bicyclic) bond motifs is 1. The molecule has 5 nitrogen and oxygen atoms in total. The maximum Gasteiger partial charge on any atom is 0.216 e. The Hall–Kier alpha value is -2.82. The molecule has 0 fully saturated rings. The highest BCUT2D eigenvalue weighted by Crippen LogP contribution is 2.20. The van der Waals surface area contributed by atoms with Gasteiger partial charge in [0.15, 0.2) is 0 Å². The van der Waals surface area contributed by atoms with E-state index < -0.39 is 0 Å². The van der Waals surface area contributed by atoms with Gasteiger partial charge < -0.3 is 14.6 Å². The predicted octanol–water partition coefficient (Wildman–Crippen LogP) is 4.19. The molecule has 0 unspecified atom stereocenters. The molecule has 148 valence electrons. The predicted molar refractivity (Wildman–Crippen MR) is 113 cm³/mol. The number of aryl methyl sites for hydroxylation is 4. The van der Waals surface area contributed by atoms with Crippen molar-refractivity contribution in [1.29, 1.82) is 0 Å². The number of carbonyl (C=O) groups excluding carboxylic acids is 1. The standard InChI is InChI=1S/C23H29N3O2/c1-17-11-12-22(18(2)16-17)28-15-7-14-26-21-9-5-4-8-20(21)25-23(26)10-6-13-24-19(3)27/h4-5,8-9,11-12,16H,6-7,10,13-15H2,1-3H3,(H,24,27). The average Bonchev–Trinajstić information content (AvgIpc) is 3.01. The Bertz CT molecular complexity index is 946. The number of nitrogens with zero attached hydrogens (tertiary/aromatic N) is 2. The van der Waals surface area contributed by atoms with Crippen molar-refractivity contribution < 1.29 is 9.53 Å². The molecule has 0 bridgehead atoms. The third-order valence-electron chi connectivity index (χ3n) is 4.80. The van der Waals surface area contributed by atoms with Gasteiger partial charge in [0, 0.05) is 26.4 Å². The van der Waals surface area contributed by atoms with Crippen LogP contribution in [0.1, 0.15) is 36.7 Å². The summed E-state index contributed by atoms with van der Waals surface area (Å²) in [6.07, 6.45) is 2.63. The quantitative estimate of drug-likeness (QED) is 0.567. The van der Waals surface area contributed by atoms with E-state index in [1.807, 2.05) is 18.2 Å². The Balaban J connectivity index is 1.62. The summed E-state index contributed by atoms with van der Waals surface area (Å²) in [5.74, 6) is 2.03.